The number of phenols is 1. The summed E-state index contributed by atoms with van der Waals surface area (Å²) in [4.78, 5) is 20.3. The first-order valence-corrected chi connectivity index (χ1v) is 10.5. The van der Waals surface area contributed by atoms with Gasteiger partial charge in [-0.2, -0.15) is 0 Å². The van der Waals surface area contributed by atoms with E-state index in [1.54, 1.807) is 30.6 Å². The van der Waals surface area contributed by atoms with Crippen LogP contribution in [0.15, 0.2) is 36.7 Å². The van der Waals surface area contributed by atoms with Gasteiger partial charge in [-0.05, 0) is 18.2 Å². The summed E-state index contributed by atoms with van der Waals surface area (Å²) >= 11 is 6.08. The summed E-state index contributed by atoms with van der Waals surface area (Å²) in [7, 11) is 0. The Morgan fingerprint density at radius 3 is 3.03 bits per heavy atom. The topological polar surface area (TPSA) is 109 Å². The monoisotopic (exact) mass is 440 g/mol. The highest BCUT2D eigenvalue weighted by Gasteiger charge is 2.29. The number of hydrogen-bond acceptors (Lipinski definition) is 6. The molecule has 0 aliphatic carbocycles. The molecule has 0 bridgehead atoms. The molecule has 31 heavy (non-hydrogen) atoms. The van der Waals surface area contributed by atoms with Crippen molar-refractivity contribution in [2.45, 2.75) is 18.9 Å². The van der Waals surface area contributed by atoms with Gasteiger partial charge < -0.3 is 30.2 Å². The predicted molar refractivity (Wildman–Crippen MR) is 116 cm³/mol. The van der Waals surface area contributed by atoms with Gasteiger partial charge in [-0.25, -0.2) is 0 Å². The first kappa shape index (κ1) is 19.7. The Balaban J connectivity index is 1.59. The number of H-pyrrole nitrogens is 1. The average Bonchev–Trinajstić information content (AvgIpc) is 3.10. The van der Waals surface area contributed by atoms with Gasteiger partial charge in [-0.15, -0.1) is 0 Å². The Bertz CT molecular complexity index is 1140. The smallest absolute Gasteiger partial charge is 0.255 e. The molecule has 9 heteroatoms. The second-order valence-corrected chi connectivity index (χ2v) is 7.87. The number of rotatable bonds is 6. The number of aromatic amines is 1. The molecule has 0 saturated carbocycles. The van der Waals surface area contributed by atoms with E-state index in [0.717, 1.165) is 24.3 Å². The number of halogens is 1. The molecule has 1 aromatic carbocycles. The van der Waals surface area contributed by atoms with E-state index in [-0.39, 0.29) is 22.8 Å². The Labute approximate surface area is 183 Å². The molecule has 4 heterocycles. The largest absolute Gasteiger partial charge is 0.504 e. The van der Waals surface area contributed by atoms with Crippen molar-refractivity contribution >= 4 is 28.9 Å². The number of ether oxygens (including phenoxy) is 2. The zero-order valence-corrected chi connectivity index (χ0v) is 17.3. The molecule has 1 atom stereocenters. The van der Waals surface area contributed by atoms with Crippen LogP contribution in [0.3, 0.4) is 0 Å². The van der Waals surface area contributed by atoms with Crippen molar-refractivity contribution in [3.63, 3.8) is 0 Å². The van der Waals surface area contributed by atoms with Crippen molar-refractivity contribution in [2.75, 3.05) is 25.1 Å². The Morgan fingerprint density at radius 2 is 2.23 bits per heavy atom. The SMILES string of the molecule is O=C1NCCc2[nH]c(-c3ccncc3OCC3CCO3)c(Nc3cccc(Cl)c3O)c21. The van der Waals surface area contributed by atoms with E-state index < -0.39 is 0 Å². The van der Waals surface area contributed by atoms with Crippen molar-refractivity contribution in [3.8, 4) is 22.8 Å². The molecular weight excluding hydrogens is 420 g/mol. The molecule has 1 unspecified atom stereocenters. The van der Waals surface area contributed by atoms with Crippen molar-refractivity contribution < 1.29 is 19.4 Å². The van der Waals surface area contributed by atoms with E-state index in [9.17, 15) is 9.90 Å². The van der Waals surface area contributed by atoms with Gasteiger partial charge in [-0.1, -0.05) is 17.7 Å². The predicted octanol–water partition coefficient (Wildman–Crippen LogP) is 3.63. The zero-order chi connectivity index (χ0) is 21.4. The number of amides is 1. The molecule has 160 valence electrons. The molecule has 1 fully saturated rings. The lowest BCUT2D eigenvalue weighted by atomic mass is 10.0. The number of anilines is 2. The molecule has 2 aromatic heterocycles. The van der Waals surface area contributed by atoms with Gasteiger partial charge >= 0.3 is 0 Å². The zero-order valence-electron chi connectivity index (χ0n) is 16.6. The summed E-state index contributed by atoms with van der Waals surface area (Å²) in [5, 5.41) is 16.7. The number of carbonyl (C=O) groups is 1. The second kappa shape index (κ2) is 8.13. The number of aromatic hydroxyl groups is 1. The van der Waals surface area contributed by atoms with Crippen LogP contribution in [0.1, 0.15) is 22.5 Å². The highest BCUT2D eigenvalue weighted by Crippen LogP contribution is 2.42. The maximum atomic E-state index is 12.7. The molecule has 1 amide bonds. The lowest BCUT2D eigenvalue weighted by Crippen LogP contribution is -2.32. The standard InChI is InChI=1S/C22H21ClN4O4/c23-14-2-1-3-16(21(14)28)27-20-18-15(5-8-25-22(18)29)26-19(20)13-4-7-24-10-17(13)31-11-12-6-9-30-12/h1-4,7,10,12,26-28H,5-6,8-9,11H2,(H,25,29). The van der Waals surface area contributed by atoms with Gasteiger partial charge in [0.25, 0.3) is 5.91 Å². The molecule has 8 nitrogen and oxygen atoms in total. The van der Waals surface area contributed by atoms with Gasteiger partial charge in [0.15, 0.2) is 5.75 Å². The van der Waals surface area contributed by atoms with E-state index in [1.165, 1.54) is 0 Å². The minimum atomic E-state index is -0.188. The number of carbonyl (C=O) groups excluding carboxylic acids is 1. The number of phenolic OH excluding ortho intramolecular Hbond substituents is 1. The summed E-state index contributed by atoms with van der Waals surface area (Å²) in [5.74, 6) is 0.303. The summed E-state index contributed by atoms with van der Waals surface area (Å²) in [5.41, 5.74) is 3.68. The van der Waals surface area contributed by atoms with E-state index in [1.807, 2.05) is 6.07 Å². The van der Waals surface area contributed by atoms with Gasteiger partial charge in [-0.3, -0.25) is 9.78 Å². The molecular formula is C22H21ClN4O4. The van der Waals surface area contributed by atoms with E-state index in [2.05, 4.69) is 20.6 Å². The highest BCUT2D eigenvalue weighted by molar-refractivity contribution is 6.32. The Kier molecular flexibility index (Phi) is 5.17. The maximum absolute atomic E-state index is 12.7. The third-order valence-electron chi connectivity index (χ3n) is 5.48. The fourth-order valence-electron chi connectivity index (χ4n) is 3.76. The molecule has 0 spiro atoms. The molecule has 3 aromatic rings. The van der Waals surface area contributed by atoms with Crippen LogP contribution < -0.4 is 15.4 Å². The maximum Gasteiger partial charge on any atom is 0.255 e. The van der Waals surface area contributed by atoms with Gasteiger partial charge in [0.1, 0.15) is 12.4 Å². The van der Waals surface area contributed by atoms with E-state index >= 15 is 0 Å². The number of para-hydroxylation sites is 1. The number of nitrogens with one attached hydrogen (secondary N) is 3. The Hall–Kier alpha value is -3.23. The second-order valence-electron chi connectivity index (χ2n) is 7.46. The number of aromatic nitrogens is 2. The van der Waals surface area contributed by atoms with Crippen LogP contribution in [0.2, 0.25) is 5.02 Å². The summed E-state index contributed by atoms with van der Waals surface area (Å²) < 4.78 is 11.4. The minimum absolute atomic E-state index is 0.0803. The number of benzene rings is 1. The van der Waals surface area contributed by atoms with Gasteiger partial charge in [0.05, 0.1) is 40.0 Å². The summed E-state index contributed by atoms with van der Waals surface area (Å²) in [6.45, 7) is 1.73. The third kappa shape index (κ3) is 3.68. The van der Waals surface area contributed by atoms with Crippen molar-refractivity contribution in [3.05, 3.63) is 52.9 Å². The van der Waals surface area contributed by atoms with E-state index in [4.69, 9.17) is 21.1 Å². The molecule has 4 N–H and O–H groups in total. The van der Waals surface area contributed by atoms with Gasteiger partial charge in [0.2, 0.25) is 0 Å². The first-order valence-electron chi connectivity index (χ1n) is 10.1. The number of fused-ring (bicyclic) bond motifs is 1. The molecule has 2 aliphatic heterocycles. The van der Waals surface area contributed by atoms with Crippen LogP contribution in [-0.2, 0) is 11.2 Å². The molecule has 0 radical (unpaired) electrons. The Morgan fingerprint density at radius 1 is 1.35 bits per heavy atom. The lowest BCUT2D eigenvalue weighted by Gasteiger charge is -2.26. The average molecular weight is 441 g/mol. The van der Waals surface area contributed by atoms with Crippen LogP contribution in [0, 0.1) is 0 Å². The van der Waals surface area contributed by atoms with Crippen LogP contribution in [-0.4, -0.2) is 46.8 Å². The fraction of sp³-hybridized carbons (Fsp3) is 0.273. The fourth-order valence-corrected chi connectivity index (χ4v) is 3.93. The lowest BCUT2D eigenvalue weighted by molar-refractivity contribution is -0.0720. The molecule has 2 aliphatic rings. The number of pyridine rings is 1. The highest BCUT2D eigenvalue weighted by atomic mass is 35.5. The van der Waals surface area contributed by atoms with Crippen LogP contribution in [0.25, 0.3) is 11.3 Å². The number of hydrogen-bond donors (Lipinski definition) is 4. The summed E-state index contributed by atoms with van der Waals surface area (Å²) in [6.07, 6.45) is 5.02. The van der Waals surface area contributed by atoms with Gasteiger partial charge in [0, 0.05) is 43.4 Å². The molecule has 5 rings (SSSR count). The van der Waals surface area contributed by atoms with Crippen molar-refractivity contribution in [2.24, 2.45) is 0 Å². The van der Waals surface area contributed by atoms with Crippen LogP contribution in [0.4, 0.5) is 11.4 Å². The molecule has 1 saturated heterocycles. The normalized spacial score (nSPS) is 17.5. The van der Waals surface area contributed by atoms with Crippen molar-refractivity contribution in [1.29, 1.82) is 0 Å². The van der Waals surface area contributed by atoms with Crippen LogP contribution >= 0.6 is 11.6 Å². The summed E-state index contributed by atoms with van der Waals surface area (Å²) in [6, 6.07) is 6.85. The van der Waals surface area contributed by atoms with Crippen molar-refractivity contribution in [1.82, 2.24) is 15.3 Å². The number of nitrogens with zero attached hydrogens (tertiary/aromatic N) is 1. The third-order valence-corrected chi connectivity index (χ3v) is 5.79. The van der Waals surface area contributed by atoms with Crippen LogP contribution in [0.5, 0.6) is 11.5 Å². The first-order chi connectivity index (χ1) is 15.1. The van der Waals surface area contributed by atoms with E-state index in [0.29, 0.717) is 48.0 Å². The quantitative estimate of drug-likeness (QED) is 0.436. The minimum Gasteiger partial charge on any atom is -0.504 e.